The van der Waals surface area contributed by atoms with Gasteiger partial charge in [0.25, 0.3) is 5.69 Å². The van der Waals surface area contributed by atoms with Gasteiger partial charge < -0.3 is 19.5 Å². The standard InChI is InChI=1S/C20H22N2O8S/c1-10-14(18(25)29-3)15(11-6-5-7-12(8-11)22(27)28)16(19(26)30-4)20(2)21(10)13(9-31-20)17(23)24/h5-8,13,15-16H,9H2,1-4H3,(H,23,24). The van der Waals surface area contributed by atoms with E-state index < -0.39 is 45.6 Å². The van der Waals surface area contributed by atoms with E-state index in [9.17, 15) is 29.6 Å². The number of ether oxygens (including phenoxy) is 2. The van der Waals surface area contributed by atoms with Crippen molar-refractivity contribution in [3.05, 3.63) is 51.2 Å². The van der Waals surface area contributed by atoms with E-state index >= 15 is 0 Å². The number of esters is 2. The Bertz CT molecular complexity index is 993. The number of non-ortho nitro benzene ring substituents is 1. The van der Waals surface area contributed by atoms with Crippen LogP contribution in [0.5, 0.6) is 0 Å². The number of carboxylic acids is 1. The number of carbonyl (C=O) groups is 3. The average Bonchev–Trinajstić information content (AvgIpc) is 3.11. The van der Waals surface area contributed by atoms with Crippen LogP contribution in [-0.2, 0) is 23.9 Å². The molecule has 3 rings (SSSR count). The Balaban J connectivity index is 2.35. The van der Waals surface area contributed by atoms with Gasteiger partial charge in [-0.25, -0.2) is 9.59 Å². The van der Waals surface area contributed by atoms with Gasteiger partial charge >= 0.3 is 17.9 Å². The van der Waals surface area contributed by atoms with Crippen LogP contribution >= 0.6 is 11.8 Å². The van der Waals surface area contributed by atoms with Crippen LogP contribution < -0.4 is 0 Å². The molecular formula is C20H22N2O8S. The zero-order chi connectivity index (χ0) is 23.1. The van der Waals surface area contributed by atoms with Gasteiger partial charge in [0.05, 0.1) is 29.6 Å². The molecule has 2 aliphatic rings. The normalized spacial score (nSPS) is 27.5. The minimum Gasteiger partial charge on any atom is -0.480 e. The monoisotopic (exact) mass is 450 g/mol. The van der Waals surface area contributed by atoms with Crippen molar-refractivity contribution < 1.29 is 33.9 Å². The van der Waals surface area contributed by atoms with E-state index in [0.717, 1.165) is 0 Å². The third-order valence-electron chi connectivity index (χ3n) is 5.88. The summed E-state index contributed by atoms with van der Waals surface area (Å²) in [5.41, 5.74) is 0.593. The van der Waals surface area contributed by atoms with Gasteiger partial charge in [0.2, 0.25) is 0 Å². The van der Waals surface area contributed by atoms with Gasteiger partial charge in [-0.05, 0) is 19.4 Å². The highest BCUT2D eigenvalue weighted by Gasteiger charge is 2.61. The number of rotatable bonds is 5. The van der Waals surface area contributed by atoms with Gasteiger partial charge in [0.1, 0.15) is 12.0 Å². The Morgan fingerprint density at radius 1 is 1.29 bits per heavy atom. The molecule has 0 aliphatic carbocycles. The highest BCUT2D eigenvalue weighted by atomic mass is 32.2. The summed E-state index contributed by atoms with van der Waals surface area (Å²) in [5, 5.41) is 21.1. The van der Waals surface area contributed by atoms with E-state index in [0.29, 0.717) is 11.3 Å². The molecule has 1 N–H and O–H groups in total. The molecule has 0 amide bonds. The topological polar surface area (TPSA) is 136 Å². The van der Waals surface area contributed by atoms with Crippen LogP contribution in [-0.4, -0.2) is 63.7 Å². The van der Waals surface area contributed by atoms with Crippen molar-refractivity contribution in [3.63, 3.8) is 0 Å². The van der Waals surface area contributed by atoms with Crippen molar-refractivity contribution in [2.75, 3.05) is 20.0 Å². The first kappa shape index (κ1) is 22.6. The lowest BCUT2D eigenvalue weighted by atomic mass is 9.72. The average molecular weight is 450 g/mol. The minimum atomic E-state index is -1.09. The van der Waals surface area contributed by atoms with Crippen LogP contribution in [0, 0.1) is 16.0 Å². The Morgan fingerprint density at radius 2 is 1.97 bits per heavy atom. The molecule has 1 aromatic rings. The number of hydrogen-bond donors (Lipinski definition) is 1. The predicted molar refractivity (Wildman–Crippen MR) is 110 cm³/mol. The predicted octanol–water partition coefficient (Wildman–Crippen LogP) is 2.15. The summed E-state index contributed by atoms with van der Waals surface area (Å²) < 4.78 is 10.0. The summed E-state index contributed by atoms with van der Waals surface area (Å²) in [6.45, 7) is 3.33. The molecule has 31 heavy (non-hydrogen) atoms. The second-order valence-electron chi connectivity index (χ2n) is 7.41. The first-order valence-electron chi connectivity index (χ1n) is 9.35. The van der Waals surface area contributed by atoms with Gasteiger partial charge in [-0.2, -0.15) is 0 Å². The number of fused-ring (bicyclic) bond motifs is 1. The SMILES string of the molecule is COC(=O)C1=C(C)N2C(C(=O)O)CSC2(C)C(C(=O)OC)C1c1cccc([N+](=O)[O-])c1. The number of methoxy groups -OCH3 is 2. The number of thioether (sulfide) groups is 1. The second kappa shape index (κ2) is 8.22. The molecule has 1 aromatic carbocycles. The summed E-state index contributed by atoms with van der Waals surface area (Å²) >= 11 is 1.27. The number of nitro groups is 1. The smallest absolute Gasteiger partial charge is 0.336 e. The van der Waals surface area contributed by atoms with Crippen LogP contribution in [0.25, 0.3) is 0 Å². The molecule has 2 heterocycles. The number of aliphatic carboxylic acids is 1. The molecule has 11 heteroatoms. The summed E-state index contributed by atoms with van der Waals surface area (Å²) in [6, 6.07) is 4.73. The van der Waals surface area contributed by atoms with Crippen molar-refractivity contribution in [3.8, 4) is 0 Å². The Labute approximate surface area is 182 Å². The fraction of sp³-hybridized carbons (Fsp3) is 0.450. The number of carboxylic acid groups (broad SMARTS) is 1. The molecule has 2 aliphatic heterocycles. The molecule has 1 fully saturated rings. The van der Waals surface area contributed by atoms with Crippen molar-refractivity contribution in [1.82, 2.24) is 4.90 Å². The third-order valence-corrected chi connectivity index (χ3v) is 7.40. The van der Waals surface area contributed by atoms with E-state index in [2.05, 4.69) is 0 Å². The van der Waals surface area contributed by atoms with Crippen molar-refractivity contribution in [1.29, 1.82) is 0 Å². The maximum absolute atomic E-state index is 13.0. The number of allylic oxidation sites excluding steroid dienone is 1. The molecule has 4 unspecified atom stereocenters. The van der Waals surface area contributed by atoms with Crippen LogP contribution in [0.1, 0.15) is 25.3 Å². The second-order valence-corrected chi connectivity index (χ2v) is 8.86. The largest absolute Gasteiger partial charge is 0.480 e. The lowest BCUT2D eigenvalue weighted by Crippen LogP contribution is -2.58. The van der Waals surface area contributed by atoms with Crippen LogP contribution in [0.2, 0.25) is 0 Å². The summed E-state index contributed by atoms with van der Waals surface area (Å²) in [6.07, 6.45) is 0. The number of nitro benzene ring substituents is 1. The number of hydrogen-bond acceptors (Lipinski definition) is 9. The lowest BCUT2D eigenvalue weighted by Gasteiger charge is -2.50. The highest BCUT2D eigenvalue weighted by Crippen LogP contribution is 2.57. The Morgan fingerprint density at radius 3 is 2.52 bits per heavy atom. The third kappa shape index (κ3) is 3.52. The van der Waals surface area contributed by atoms with E-state index in [-0.39, 0.29) is 17.0 Å². The fourth-order valence-corrected chi connectivity index (χ4v) is 6.18. The zero-order valence-corrected chi connectivity index (χ0v) is 18.2. The first-order chi connectivity index (χ1) is 14.6. The summed E-state index contributed by atoms with van der Waals surface area (Å²) in [4.78, 5) is 49.1. The number of benzene rings is 1. The quantitative estimate of drug-likeness (QED) is 0.403. The Kier molecular flexibility index (Phi) is 5.99. The van der Waals surface area contributed by atoms with Crippen molar-refractivity contribution in [2.24, 2.45) is 5.92 Å². The molecule has 0 spiro atoms. The lowest BCUT2D eigenvalue weighted by molar-refractivity contribution is -0.384. The first-order valence-corrected chi connectivity index (χ1v) is 10.3. The maximum Gasteiger partial charge on any atom is 0.336 e. The number of nitrogens with zero attached hydrogens (tertiary/aromatic N) is 2. The van der Waals surface area contributed by atoms with Gasteiger partial charge in [0, 0.05) is 29.5 Å². The van der Waals surface area contributed by atoms with Crippen LogP contribution in [0.3, 0.4) is 0 Å². The van der Waals surface area contributed by atoms with Crippen molar-refractivity contribution in [2.45, 2.75) is 30.7 Å². The van der Waals surface area contributed by atoms with E-state index in [1.807, 2.05) is 0 Å². The number of carbonyl (C=O) groups excluding carboxylic acids is 2. The molecule has 0 saturated carbocycles. The van der Waals surface area contributed by atoms with Crippen LogP contribution in [0.4, 0.5) is 5.69 Å². The van der Waals surface area contributed by atoms with E-state index in [1.54, 1.807) is 24.8 Å². The molecule has 0 radical (unpaired) electrons. The van der Waals surface area contributed by atoms with E-state index in [1.165, 1.54) is 44.2 Å². The zero-order valence-electron chi connectivity index (χ0n) is 17.4. The highest BCUT2D eigenvalue weighted by molar-refractivity contribution is 8.01. The minimum absolute atomic E-state index is 0.0737. The molecule has 166 valence electrons. The molecular weight excluding hydrogens is 428 g/mol. The molecule has 4 atom stereocenters. The fourth-order valence-electron chi connectivity index (χ4n) is 4.58. The molecule has 0 bridgehead atoms. The van der Waals surface area contributed by atoms with Gasteiger partial charge in [0.15, 0.2) is 0 Å². The molecule has 1 saturated heterocycles. The van der Waals surface area contributed by atoms with Gasteiger partial charge in [-0.15, -0.1) is 11.8 Å². The van der Waals surface area contributed by atoms with E-state index in [4.69, 9.17) is 9.47 Å². The maximum atomic E-state index is 13.0. The molecule has 10 nitrogen and oxygen atoms in total. The summed E-state index contributed by atoms with van der Waals surface area (Å²) in [5.74, 6) is -4.25. The van der Waals surface area contributed by atoms with Crippen molar-refractivity contribution >= 4 is 35.4 Å². The van der Waals surface area contributed by atoms with Crippen LogP contribution in [0.15, 0.2) is 35.5 Å². The van der Waals surface area contributed by atoms with Gasteiger partial charge in [-0.3, -0.25) is 14.9 Å². The summed E-state index contributed by atoms with van der Waals surface area (Å²) in [7, 11) is 2.39. The van der Waals surface area contributed by atoms with Gasteiger partial charge in [-0.1, -0.05) is 12.1 Å². The Hall–Kier alpha value is -3.08. The molecule has 0 aromatic heterocycles.